The first-order valence-electron chi connectivity index (χ1n) is 4.56. The van der Waals surface area contributed by atoms with Crippen molar-refractivity contribution >= 4 is 21.9 Å². The first-order chi connectivity index (χ1) is 7.07. The van der Waals surface area contributed by atoms with E-state index in [9.17, 15) is 18.0 Å². The van der Waals surface area contributed by atoms with E-state index in [-0.39, 0.29) is 6.54 Å². The van der Waals surface area contributed by atoms with Crippen molar-refractivity contribution in [1.29, 1.82) is 0 Å². The largest absolute Gasteiger partial charge is 0.481 e. The molecule has 0 radical (unpaired) electrons. The summed E-state index contributed by atoms with van der Waals surface area (Å²) in [5, 5.41) is 8.33. The molecular weight excluding hydrogens is 236 g/mol. The summed E-state index contributed by atoms with van der Waals surface area (Å²) in [4.78, 5) is 21.1. The molecule has 4 N–H and O–H groups in total. The molecule has 0 aromatic rings. The van der Waals surface area contributed by atoms with Gasteiger partial charge in [0.1, 0.15) is 0 Å². The topological polar surface area (TPSA) is 127 Å². The van der Waals surface area contributed by atoms with Gasteiger partial charge in [-0.25, -0.2) is 13.1 Å². The number of carbonyl (C=O) groups is 2. The summed E-state index contributed by atoms with van der Waals surface area (Å²) in [5.74, 6) is -2.34. The van der Waals surface area contributed by atoms with Crippen LogP contribution in [-0.2, 0) is 19.6 Å². The number of carboxylic acids is 1. The van der Waals surface area contributed by atoms with E-state index in [4.69, 9.17) is 10.8 Å². The Bertz CT molecular complexity index is 374. The highest BCUT2D eigenvalue weighted by Crippen LogP contribution is 2.12. The summed E-state index contributed by atoms with van der Waals surface area (Å²) in [5.41, 5.74) is 4.05. The quantitative estimate of drug-likeness (QED) is 0.529. The first kappa shape index (κ1) is 14.8. The number of amides is 1. The number of carboxylic acid groups (broad SMARTS) is 1. The summed E-state index contributed by atoms with van der Waals surface area (Å²) < 4.78 is 24.7. The lowest BCUT2D eigenvalue weighted by atomic mass is 9.93. The minimum absolute atomic E-state index is 0.149. The van der Waals surface area contributed by atoms with Crippen molar-refractivity contribution in [1.82, 2.24) is 4.72 Å². The molecule has 0 rings (SSSR count). The van der Waals surface area contributed by atoms with Gasteiger partial charge in [0.25, 0.3) is 0 Å². The standard InChI is InChI=1S/C8H16N2O5S/c1-8(2,7(9)13)5-10-16(14,15)4-3-6(11)12/h10H,3-5H2,1-2H3,(H2,9,13)(H,11,12). The Kier molecular flexibility index (Phi) is 4.88. The van der Waals surface area contributed by atoms with Gasteiger partial charge in [0.2, 0.25) is 15.9 Å². The number of sulfonamides is 1. The number of rotatable bonds is 7. The fourth-order valence-electron chi connectivity index (χ4n) is 0.671. The molecule has 0 heterocycles. The maximum Gasteiger partial charge on any atom is 0.304 e. The Hall–Kier alpha value is -1.15. The molecule has 7 nitrogen and oxygen atoms in total. The second-order valence-electron chi connectivity index (χ2n) is 4.03. The SMILES string of the molecule is CC(C)(CNS(=O)(=O)CCC(=O)O)C(N)=O. The third kappa shape index (κ3) is 5.66. The number of nitrogens with one attached hydrogen (secondary N) is 1. The number of hydrogen-bond donors (Lipinski definition) is 3. The lowest BCUT2D eigenvalue weighted by Gasteiger charge is -2.20. The lowest BCUT2D eigenvalue weighted by molar-refractivity contribution is -0.136. The van der Waals surface area contributed by atoms with Crippen LogP contribution in [0.5, 0.6) is 0 Å². The van der Waals surface area contributed by atoms with Crippen LogP contribution < -0.4 is 10.5 Å². The Balaban J connectivity index is 4.30. The van der Waals surface area contributed by atoms with E-state index in [2.05, 4.69) is 4.72 Å². The molecule has 0 saturated heterocycles. The highest BCUT2D eigenvalue weighted by molar-refractivity contribution is 7.89. The molecule has 0 saturated carbocycles. The highest BCUT2D eigenvalue weighted by atomic mass is 32.2. The van der Waals surface area contributed by atoms with E-state index in [0.717, 1.165) is 0 Å². The van der Waals surface area contributed by atoms with Crippen molar-refractivity contribution in [3.8, 4) is 0 Å². The molecule has 0 aliphatic carbocycles. The predicted octanol–water partition coefficient (Wildman–Crippen LogP) is -1.11. The van der Waals surface area contributed by atoms with Crippen LogP contribution in [0.1, 0.15) is 20.3 Å². The van der Waals surface area contributed by atoms with E-state index in [1.54, 1.807) is 0 Å². The van der Waals surface area contributed by atoms with Gasteiger partial charge < -0.3 is 10.8 Å². The van der Waals surface area contributed by atoms with Gasteiger partial charge >= 0.3 is 5.97 Å². The summed E-state index contributed by atoms with van der Waals surface area (Å²) in [6.07, 6.45) is -0.480. The van der Waals surface area contributed by atoms with Crippen LogP contribution >= 0.6 is 0 Å². The maximum atomic E-state index is 11.3. The molecule has 0 aromatic heterocycles. The minimum atomic E-state index is -3.68. The van der Waals surface area contributed by atoms with Gasteiger partial charge in [-0.3, -0.25) is 9.59 Å². The second kappa shape index (κ2) is 5.26. The van der Waals surface area contributed by atoms with Crippen molar-refractivity contribution in [2.24, 2.45) is 11.1 Å². The Labute approximate surface area is 94.1 Å². The van der Waals surface area contributed by atoms with Gasteiger partial charge in [-0.05, 0) is 13.8 Å². The van der Waals surface area contributed by atoms with Crippen LogP contribution in [0.2, 0.25) is 0 Å². The smallest absolute Gasteiger partial charge is 0.304 e. The monoisotopic (exact) mass is 252 g/mol. The number of aliphatic carboxylic acids is 1. The second-order valence-corrected chi connectivity index (χ2v) is 5.96. The fraction of sp³-hybridized carbons (Fsp3) is 0.750. The van der Waals surface area contributed by atoms with E-state index in [1.165, 1.54) is 13.8 Å². The van der Waals surface area contributed by atoms with Gasteiger partial charge in [0.15, 0.2) is 0 Å². The van der Waals surface area contributed by atoms with E-state index in [0.29, 0.717) is 0 Å². The fourth-order valence-corrected chi connectivity index (χ4v) is 1.84. The van der Waals surface area contributed by atoms with Crippen molar-refractivity contribution in [3.05, 3.63) is 0 Å². The molecule has 0 spiro atoms. The van der Waals surface area contributed by atoms with Gasteiger partial charge in [0.05, 0.1) is 17.6 Å². The minimum Gasteiger partial charge on any atom is -0.481 e. The molecule has 0 aliphatic heterocycles. The zero-order chi connectivity index (χ0) is 13.0. The van der Waals surface area contributed by atoms with Gasteiger partial charge in [0, 0.05) is 6.54 Å². The predicted molar refractivity (Wildman–Crippen MR) is 57.0 cm³/mol. The average molecular weight is 252 g/mol. The third-order valence-electron chi connectivity index (χ3n) is 1.99. The van der Waals surface area contributed by atoms with Crippen LogP contribution in [0.25, 0.3) is 0 Å². The number of hydrogen-bond acceptors (Lipinski definition) is 4. The zero-order valence-corrected chi connectivity index (χ0v) is 10.0. The van der Waals surface area contributed by atoms with Crippen molar-refractivity contribution in [2.75, 3.05) is 12.3 Å². The molecular formula is C8H16N2O5S. The molecule has 0 bridgehead atoms. The molecule has 0 unspecified atom stereocenters. The van der Waals surface area contributed by atoms with Crippen LogP contribution in [0.15, 0.2) is 0 Å². The Morgan fingerprint density at radius 2 is 1.88 bits per heavy atom. The van der Waals surface area contributed by atoms with Crippen molar-refractivity contribution in [3.63, 3.8) is 0 Å². The lowest BCUT2D eigenvalue weighted by Crippen LogP contribution is -2.43. The van der Waals surface area contributed by atoms with E-state index in [1.807, 2.05) is 0 Å². The van der Waals surface area contributed by atoms with Gasteiger partial charge in [-0.15, -0.1) is 0 Å². The van der Waals surface area contributed by atoms with Crippen LogP contribution in [0, 0.1) is 5.41 Å². The molecule has 16 heavy (non-hydrogen) atoms. The normalized spacial score (nSPS) is 12.4. The summed E-state index contributed by atoms with van der Waals surface area (Å²) >= 11 is 0. The summed E-state index contributed by atoms with van der Waals surface area (Å²) in [6.45, 7) is 2.84. The van der Waals surface area contributed by atoms with E-state index < -0.39 is 39.5 Å². The molecule has 94 valence electrons. The van der Waals surface area contributed by atoms with Crippen LogP contribution in [-0.4, -0.2) is 37.7 Å². The van der Waals surface area contributed by atoms with Crippen LogP contribution in [0.4, 0.5) is 0 Å². The molecule has 1 amide bonds. The molecule has 0 fully saturated rings. The summed E-state index contributed by atoms with van der Waals surface area (Å²) in [6, 6.07) is 0. The molecule has 8 heteroatoms. The van der Waals surface area contributed by atoms with Crippen molar-refractivity contribution in [2.45, 2.75) is 20.3 Å². The highest BCUT2D eigenvalue weighted by Gasteiger charge is 2.27. The van der Waals surface area contributed by atoms with Gasteiger partial charge in [-0.2, -0.15) is 0 Å². The third-order valence-corrected chi connectivity index (χ3v) is 3.31. The van der Waals surface area contributed by atoms with Crippen LogP contribution in [0.3, 0.4) is 0 Å². The number of primary amides is 1. The van der Waals surface area contributed by atoms with Crippen molar-refractivity contribution < 1.29 is 23.1 Å². The number of nitrogens with two attached hydrogens (primary N) is 1. The summed E-state index contributed by atoms with van der Waals surface area (Å²) in [7, 11) is -3.68. The van der Waals surface area contributed by atoms with E-state index >= 15 is 0 Å². The zero-order valence-electron chi connectivity index (χ0n) is 9.19. The first-order valence-corrected chi connectivity index (χ1v) is 6.21. The van der Waals surface area contributed by atoms with Gasteiger partial charge in [-0.1, -0.05) is 0 Å². The molecule has 0 atom stereocenters. The Morgan fingerprint density at radius 3 is 2.25 bits per heavy atom. The number of carbonyl (C=O) groups excluding carboxylic acids is 1. The molecule has 0 aromatic carbocycles. The molecule has 0 aliphatic rings. The average Bonchev–Trinajstić information content (AvgIpc) is 2.12. The maximum absolute atomic E-state index is 11.3. The Morgan fingerprint density at radius 1 is 1.38 bits per heavy atom.